The van der Waals surface area contributed by atoms with Crippen molar-refractivity contribution < 1.29 is 48.7 Å². The zero-order valence-electron chi connectivity index (χ0n) is 31.4. The molecule has 20 nitrogen and oxygen atoms in total. The van der Waals surface area contributed by atoms with E-state index in [1.165, 1.54) is 36.5 Å². The highest BCUT2D eigenvalue weighted by Gasteiger charge is 2.38. The molecule has 1 aliphatic heterocycles. The monoisotopic (exact) mass is 784 g/mol. The van der Waals surface area contributed by atoms with Crippen molar-refractivity contribution in [3.63, 3.8) is 0 Å². The molecule has 306 valence electrons. The van der Waals surface area contributed by atoms with Gasteiger partial charge < -0.3 is 52.0 Å². The number of aromatic nitrogens is 2. The Labute approximate surface area is 324 Å². The van der Waals surface area contributed by atoms with Crippen molar-refractivity contribution in [2.45, 2.75) is 102 Å². The summed E-state index contributed by atoms with van der Waals surface area (Å²) in [6.45, 7) is 1.91. The summed E-state index contributed by atoms with van der Waals surface area (Å²) in [5.41, 5.74) is 12.1. The van der Waals surface area contributed by atoms with Gasteiger partial charge in [0.05, 0.1) is 24.5 Å². The van der Waals surface area contributed by atoms with E-state index < -0.39 is 60.8 Å². The standard InChI is InChI=1S/C35H53BN10O10/c1-22(34(52)46-17-7-9-28(46)36(55)56)41-32(50)23-12-14-24(15-13-23)44-45-30(48)11-4-2-3-10-29(47)39-16-6-5-8-26(35(53)54)43-33(51)27(42-31(49)19-37)18-25-20-38-21-40-25/h12-15,20-22,26-28,44,55-56H,2-11,16-19,37H2,1H3,(H,38,40)(H,39,47)(H,41,50)(H,42,49)(H,43,51)(H,45,48)(H,53,54)/t22-,26+,27?,28+/m1/s1. The maximum atomic E-state index is 12.8. The summed E-state index contributed by atoms with van der Waals surface area (Å²) in [6, 6.07) is 3.13. The van der Waals surface area contributed by atoms with Crippen LogP contribution in [0.1, 0.15) is 87.2 Å². The molecule has 6 amide bonds. The van der Waals surface area contributed by atoms with Crippen LogP contribution in [0.3, 0.4) is 0 Å². The summed E-state index contributed by atoms with van der Waals surface area (Å²) in [5, 5.41) is 39.0. The minimum atomic E-state index is -1.64. The lowest BCUT2D eigenvalue weighted by Gasteiger charge is -2.27. The average Bonchev–Trinajstić information content (AvgIpc) is 3.89. The van der Waals surface area contributed by atoms with Gasteiger partial charge >= 0.3 is 13.1 Å². The van der Waals surface area contributed by atoms with Crippen molar-refractivity contribution in [3.05, 3.63) is 48.0 Å². The number of H-pyrrole nitrogens is 1. The maximum absolute atomic E-state index is 12.8. The van der Waals surface area contributed by atoms with Crippen molar-refractivity contribution in [2.24, 2.45) is 5.73 Å². The normalized spacial score (nSPS) is 15.1. The van der Waals surface area contributed by atoms with E-state index in [2.05, 4.69) is 42.1 Å². The van der Waals surface area contributed by atoms with Crippen LogP contribution in [0, 0.1) is 0 Å². The molecule has 12 N–H and O–H groups in total. The summed E-state index contributed by atoms with van der Waals surface area (Å²) >= 11 is 0. The second-order valence-electron chi connectivity index (χ2n) is 13.5. The minimum Gasteiger partial charge on any atom is -0.480 e. The number of nitrogens with two attached hydrogens (primary N) is 1. The predicted octanol–water partition coefficient (Wildman–Crippen LogP) is -1.53. The first kappa shape index (κ1) is 44.9. The molecule has 1 aromatic carbocycles. The minimum absolute atomic E-state index is 0.0645. The number of carboxylic acid groups (broad SMARTS) is 1. The number of anilines is 1. The van der Waals surface area contributed by atoms with Crippen LogP contribution in [0.15, 0.2) is 36.8 Å². The molecule has 2 heterocycles. The number of imidazole rings is 1. The van der Waals surface area contributed by atoms with Crippen molar-refractivity contribution in [1.29, 1.82) is 0 Å². The van der Waals surface area contributed by atoms with Crippen molar-refractivity contribution >= 4 is 54.2 Å². The molecule has 4 atom stereocenters. The number of unbranched alkanes of at least 4 members (excludes halogenated alkanes) is 3. The Morgan fingerprint density at radius 2 is 1.64 bits per heavy atom. The topological polar surface area (TPSA) is 310 Å². The highest BCUT2D eigenvalue weighted by Crippen LogP contribution is 2.19. The van der Waals surface area contributed by atoms with Crippen molar-refractivity contribution in [3.8, 4) is 0 Å². The molecular weight excluding hydrogens is 731 g/mol. The summed E-state index contributed by atoms with van der Waals surface area (Å²) in [7, 11) is -1.64. The number of nitrogens with one attached hydrogen (secondary N) is 7. The lowest BCUT2D eigenvalue weighted by molar-refractivity contribution is -0.142. The lowest BCUT2D eigenvalue weighted by atomic mass is 9.78. The third kappa shape index (κ3) is 15.3. The number of benzene rings is 1. The van der Waals surface area contributed by atoms with Crippen LogP contribution in [0.25, 0.3) is 0 Å². The van der Waals surface area contributed by atoms with Gasteiger partial charge in [-0.3, -0.25) is 39.6 Å². The van der Waals surface area contributed by atoms with Crippen LogP contribution in [0.5, 0.6) is 0 Å². The smallest absolute Gasteiger partial charge is 0.475 e. The quantitative estimate of drug-likeness (QED) is 0.0327. The number of hydrogen-bond donors (Lipinski definition) is 11. The molecule has 56 heavy (non-hydrogen) atoms. The van der Waals surface area contributed by atoms with Gasteiger partial charge in [-0.1, -0.05) is 6.42 Å². The molecule has 1 aliphatic rings. The lowest BCUT2D eigenvalue weighted by Crippen LogP contribution is -2.53. The Morgan fingerprint density at radius 1 is 0.929 bits per heavy atom. The second-order valence-corrected chi connectivity index (χ2v) is 13.5. The van der Waals surface area contributed by atoms with E-state index in [4.69, 9.17) is 5.73 Å². The number of hydrogen-bond acceptors (Lipinski definition) is 12. The summed E-state index contributed by atoms with van der Waals surface area (Å²) in [4.78, 5) is 94.5. The summed E-state index contributed by atoms with van der Waals surface area (Å²) < 4.78 is 0. The van der Waals surface area contributed by atoms with Gasteiger partial charge in [0.2, 0.25) is 29.5 Å². The van der Waals surface area contributed by atoms with E-state index in [9.17, 15) is 48.7 Å². The van der Waals surface area contributed by atoms with Crippen LogP contribution in [0.2, 0.25) is 0 Å². The van der Waals surface area contributed by atoms with Gasteiger partial charge in [-0.15, -0.1) is 0 Å². The van der Waals surface area contributed by atoms with Crippen LogP contribution in [0.4, 0.5) is 5.69 Å². The Bertz CT molecular complexity index is 1610. The van der Waals surface area contributed by atoms with Crippen molar-refractivity contribution in [2.75, 3.05) is 25.1 Å². The highest BCUT2D eigenvalue weighted by atomic mass is 16.4. The summed E-state index contributed by atoms with van der Waals surface area (Å²) in [6.07, 6.45) is 7.32. The SMILES string of the molecule is C[C@@H](NC(=O)c1ccc(NNC(=O)CCCCCC(=O)NCCCC[C@H](NC(=O)C(Cc2cnc[nH]2)NC(=O)CN)C(=O)O)cc1)C(=O)N1CCC[C@H]1B(O)O. The van der Waals surface area contributed by atoms with Gasteiger partial charge in [-0.05, 0) is 76.1 Å². The number of carboxylic acids is 1. The predicted molar refractivity (Wildman–Crippen MR) is 203 cm³/mol. The first-order chi connectivity index (χ1) is 26.8. The van der Waals surface area contributed by atoms with Gasteiger partial charge in [0.1, 0.15) is 18.1 Å². The van der Waals surface area contributed by atoms with Gasteiger partial charge in [-0.2, -0.15) is 0 Å². The Hall–Kier alpha value is -5.54. The molecule has 1 fully saturated rings. The maximum Gasteiger partial charge on any atom is 0.475 e. The number of rotatable bonds is 24. The van der Waals surface area contributed by atoms with Gasteiger partial charge in [0.25, 0.3) is 5.91 Å². The van der Waals surface area contributed by atoms with E-state index >= 15 is 0 Å². The third-order valence-corrected chi connectivity index (χ3v) is 9.12. The third-order valence-electron chi connectivity index (χ3n) is 9.12. The first-order valence-corrected chi connectivity index (χ1v) is 18.7. The Morgan fingerprint density at radius 3 is 2.29 bits per heavy atom. The number of likely N-dealkylation sites (tertiary alicyclic amines) is 1. The van der Waals surface area contributed by atoms with E-state index in [1.54, 1.807) is 12.1 Å². The average molecular weight is 785 g/mol. The van der Waals surface area contributed by atoms with Crippen LogP contribution in [-0.4, -0.2) is 122 Å². The molecule has 0 aliphatic carbocycles. The number of nitrogens with zero attached hydrogens (tertiary/aromatic N) is 2. The largest absolute Gasteiger partial charge is 0.480 e. The molecule has 0 saturated carbocycles. The van der Waals surface area contributed by atoms with E-state index in [0.717, 1.165) is 0 Å². The van der Waals surface area contributed by atoms with Crippen LogP contribution in [-0.2, 0) is 35.2 Å². The second kappa shape index (κ2) is 23.4. The van der Waals surface area contributed by atoms with Crippen molar-refractivity contribution in [1.82, 2.24) is 41.6 Å². The molecule has 0 bridgehead atoms. The zero-order valence-corrected chi connectivity index (χ0v) is 31.4. The Kier molecular flexibility index (Phi) is 18.7. The van der Waals surface area contributed by atoms with E-state index in [1.807, 2.05) is 0 Å². The van der Waals surface area contributed by atoms with Crippen LogP contribution < -0.4 is 37.9 Å². The number of carbonyl (C=O) groups excluding carboxylic acids is 6. The number of hydrazine groups is 1. The fourth-order valence-corrected chi connectivity index (χ4v) is 6.02. The Balaban J connectivity index is 1.25. The number of aromatic amines is 1. The number of carbonyl (C=O) groups is 7. The molecule has 0 spiro atoms. The number of aliphatic carboxylic acids is 1. The molecule has 21 heteroatoms. The molecule has 1 saturated heterocycles. The van der Waals surface area contributed by atoms with E-state index in [0.29, 0.717) is 75.0 Å². The summed E-state index contributed by atoms with van der Waals surface area (Å²) in [5.74, 6) is -4.48. The molecular formula is C35H53BN10O10. The highest BCUT2D eigenvalue weighted by molar-refractivity contribution is 6.43. The van der Waals surface area contributed by atoms with Gasteiger partial charge in [0.15, 0.2) is 0 Å². The fourth-order valence-electron chi connectivity index (χ4n) is 6.02. The first-order valence-electron chi connectivity index (χ1n) is 18.7. The number of amides is 6. The van der Waals surface area contributed by atoms with Crippen LogP contribution >= 0.6 is 0 Å². The fraction of sp³-hybridized carbons (Fsp3) is 0.543. The zero-order chi connectivity index (χ0) is 41.0. The van der Waals surface area contributed by atoms with Gasteiger partial charge in [0, 0.05) is 49.8 Å². The molecule has 3 rings (SSSR count). The molecule has 2 aromatic rings. The van der Waals surface area contributed by atoms with E-state index in [-0.39, 0.29) is 44.0 Å². The van der Waals surface area contributed by atoms with Gasteiger partial charge in [-0.25, -0.2) is 9.78 Å². The molecule has 0 radical (unpaired) electrons. The molecule has 1 aromatic heterocycles. The molecule has 1 unspecified atom stereocenters.